The van der Waals surface area contributed by atoms with Crippen LogP contribution in [0.4, 0.5) is 0 Å². The summed E-state index contributed by atoms with van der Waals surface area (Å²) in [5, 5.41) is 19.9. The Labute approximate surface area is 267 Å². The molecule has 2 aromatic heterocycles. The molecule has 2 aliphatic heterocycles. The number of carbonyl (C=O) groups excluding carboxylic acids is 2. The van der Waals surface area contributed by atoms with Crippen LogP contribution in [-0.4, -0.2) is 64.0 Å². The normalized spacial score (nSPS) is 19.9. The van der Waals surface area contributed by atoms with E-state index in [1.54, 1.807) is 22.8 Å². The minimum Gasteiger partial charge on any atom is -0.497 e. The average molecular weight is 638 g/mol. The molecule has 2 atom stereocenters. The van der Waals surface area contributed by atoms with Gasteiger partial charge in [-0.2, -0.15) is 0 Å². The van der Waals surface area contributed by atoms with E-state index in [1.165, 1.54) is 0 Å². The van der Waals surface area contributed by atoms with Gasteiger partial charge in [-0.1, -0.05) is 26.7 Å². The number of carbonyl (C=O) groups is 2. The summed E-state index contributed by atoms with van der Waals surface area (Å²) < 4.78 is 17.9. The summed E-state index contributed by atoms with van der Waals surface area (Å²) in [6.07, 6.45) is 2.93. The number of benzene rings is 1. The third-order valence-corrected chi connectivity index (χ3v) is 8.38. The zero-order chi connectivity index (χ0) is 33.5. The molecular formula is C33H43N5O8. The van der Waals surface area contributed by atoms with Gasteiger partial charge in [-0.3, -0.25) is 4.79 Å². The van der Waals surface area contributed by atoms with Crippen molar-refractivity contribution in [2.75, 3.05) is 20.8 Å². The number of methoxy groups -OCH3 is 1. The Balaban J connectivity index is 0.00000116. The van der Waals surface area contributed by atoms with Crippen LogP contribution < -0.4 is 21.9 Å². The molecule has 0 bridgehead atoms. The van der Waals surface area contributed by atoms with Gasteiger partial charge < -0.3 is 44.5 Å². The van der Waals surface area contributed by atoms with E-state index in [0.717, 1.165) is 48.6 Å². The topological polar surface area (TPSA) is 192 Å². The fourth-order valence-electron chi connectivity index (χ4n) is 6.18. The molecule has 13 nitrogen and oxygen atoms in total. The van der Waals surface area contributed by atoms with Crippen molar-refractivity contribution in [2.24, 2.45) is 11.6 Å². The van der Waals surface area contributed by atoms with Crippen molar-refractivity contribution < 1.29 is 34.0 Å². The molecule has 4 heterocycles. The highest BCUT2D eigenvalue weighted by Crippen LogP contribution is 2.39. The van der Waals surface area contributed by atoms with Crippen molar-refractivity contribution in [3.8, 4) is 17.1 Å². The first kappa shape index (κ1) is 34.6. The van der Waals surface area contributed by atoms with Gasteiger partial charge in [0.2, 0.25) is 0 Å². The van der Waals surface area contributed by atoms with Crippen LogP contribution in [0.15, 0.2) is 40.5 Å². The van der Waals surface area contributed by atoms with Crippen molar-refractivity contribution in [1.82, 2.24) is 14.6 Å². The lowest BCUT2D eigenvalue weighted by molar-refractivity contribution is -0.157. The van der Waals surface area contributed by atoms with Crippen molar-refractivity contribution >= 4 is 23.2 Å². The molecule has 0 saturated heterocycles. The van der Waals surface area contributed by atoms with E-state index < -0.39 is 18.2 Å². The van der Waals surface area contributed by atoms with E-state index in [-0.39, 0.29) is 43.0 Å². The van der Waals surface area contributed by atoms with Crippen LogP contribution in [0.2, 0.25) is 0 Å². The molecule has 0 saturated carbocycles. The van der Waals surface area contributed by atoms with Crippen LogP contribution in [0.25, 0.3) is 22.3 Å². The standard InChI is InChI=1S/C30H33N5O7.C2H6.CH4O/c1-40-16-7-8-22-17(11-16)19(14-35(32)23-5-3-2-4-6-25(26(23)31)41-10-9-36)20-13-34-24(27(20)33-22)12-18-21(29(34)38)15-42-30(39)28(18)37;2*1-2/h7-9,11-12,25,28,37H,2-6,10,13-15,31-32H2,1H3;1-2H3;2H,1H3/b26-23-;;. The summed E-state index contributed by atoms with van der Waals surface area (Å²) in [5.74, 6) is 6.62. The molecule has 46 heavy (non-hydrogen) atoms. The first-order valence-electron chi connectivity index (χ1n) is 15.4. The minimum absolute atomic E-state index is 0.0478. The second-order valence-electron chi connectivity index (χ2n) is 10.8. The maximum absolute atomic E-state index is 13.6. The monoisotopic (exact) mass is 637 g/mol. The fraction of sp³-hybridized carbons (Fsp3) is 0.455. The molecule has 3 aromatic rings. The Morgan fingerprint density at radius 2 is 1.91 bits per heavy atom. The number of nitrogens with two attached hydrogens (primary N) is 2. The Morgan fingerprint density at radius 1 is 1.15 bits per heavy atom. The van der Waals surface area contributed by atoms with Gasteiger partial charge in [0, 0.05) is 23.6 Å². The second kappa shape index (κ2) is 15.3. The van der Waals surface area contributed by atoms with Gasteiger partial charge in [0.25, 0.3) is 5.56 Å². The van der Waals surface area contributed by atoms with E-state index in [9.17, 15) is 19.5 Å². The van der Waals surface area contributed by atoms with Crippen LogP contribution in [0, 0.1) is 0 Å². The largest absolute Gasteiger partial charge is 0.497 e. The fourth-order valence-corrected chi connectivity index (χ4v) is 6.18. The van der Waals surface area contributed by atoms with E-state index in [2.05, 4.69) is 0 Å². The lowest BCUT2D eigenvalue weighted by atomic mass is 9.97. The third-order valence-electron chi connectivity index (χ3n) is 8.38. The quantitative estimate of drug-likeness (QED) is 0.100. The Bertz CT molecular complexity index is 1680. The van der Waals surface area contributed by atoms with Crippen molar-refractivity contribution in [1.29, 1.82) is 0 Å². The number of pyridine rings is 2. The molecule has 3 aliphatic rings. The summed E-state index contributed by atoms with van der Waals surface area (Å²) in [5.41, 5.74) is 11.4. The number of allylic oxidation sites excluding steroid dienone is 1. The number of fused-ring (bicyclic) bond motifs is 5. The molecule has 2 unspecified atom stereocenters. The van der Waals surface area contributed by atoms with Crippen LogP contribution in [-0.2, 0) is 38.8 Å². The highest BCUT2D eigenvalue weighted by atomic mass is 16.5. The number of aliphatic hydroxyl groups excluding tert-OH is 2. The van der Waals surface area contributed by atoms with E-state index >= 15 is 0 Å². The predicted octanol–water partition coefficient (Wildman–Crippen LogP) is 2.55. The van der Waals surface area contributed by atoms with Gasteiger partial charge in [0.1, 0.15) is 25.2 Å². The molecule has 248 valence electrons. The molecule has 13 heteroatoms. The summed E-state index contributed by atoms with van der Waals surface area (Å²) in [6, 6.07) is 7.20. The number of ether oxygens (including phenoxy) is 3. The number of aliphatic hydroxyl groups is 2. The second-order valence-corrected chi connectivity index (χ2v) is 10.8. The minimum atomic E-state index is -1.54. The number of hydrogen-bond donors (Lipinski definition) is 4. The van der Waals surface area contributed by atoms with E-state index in [1.807, 2.05) is 32.0 Å². The first-order chi connectivity index (χ1) is 22.3. The van der Waals surface area contributed by atoms with Crippen molar-refractivity contribution in [3.63, 3.8) is 0 Å². The molecule has 0 radical (unpaired) electrons. The number of rotatable bonds is 7. The molecule has 6 rings (SSSR count). The maximum atomic E-state index is 13.6. The van der Waals surface area contributed by atoms with Gasteiger partial charge in [-0.25, -0.2) is 15.6 Å². The summed E-state index contributed by atoms with van der Waals surface area (Å²) in [7, 11) is 2.59. The van der Waals surface area contributed by atoms with Gasteiger partial charge in [0.05, 0.1) is 60.2 Å². The smallest absolute Gasteiger partial charge is 0.340 e. The highest BCUT2D eigenvalue weighted by Gasteiger charge is 2.35. The molecule has 0 spiro atoms. The van der Waals surface area contributed by atoms with Gasteiger partial charge in [0.15, 0.2) is 6.10 Å². The lowest BCUT2D eigenvalue weighted by Crippen LogP contribution is -2.36. The molecule has 0 amide bonds. The Kier molecular flexibility index (Phi) is 11.5. The number of nitrogens with zero attached hydrogens (tertiary/aromatic N) is 3. The molecule has 6 N–H and O–H groups in total. The average Bonchev–Trinajstić information content (AvgIpc) is 3.45. The maximum Gasteiger partial charge on any atom is 0.340 e. The molecule has 1 aliphatic carbocycles. The van der Waals surface area contributed by atoms with Crippen LogP contribution in [0.1, 0.15) is 74.3 Å². The SMILES string of the molecule is CC.CO.COc1ccc2nc3c(c(CN(N)/C4=C(\N)C(OCC=O)CCCCC4)c2c1)Cn1c-3cc2c(c1=O)COC(=O)C2O. The van der Waals surface area contributed by atoms with Gasteiger partial charge >= 0.3 is 5.97 Å². The number of hydrogen-bond acceptors (Lipinski definition) is 12. The highest BCUT2D eigenvalue weighted by molar-refractivity contribution is 5.89. The summed E-state index contributed by atoms with van der Waals surface area (Å²) in [4.78, 5) is 41.5. The zero-order valence-electron chi connectivity index (χ0n) is 26.7. The predicted molar refractivity (Wildman–Crippen MR) is 171 cm³/mol. The number of esters is 1. The number of aldehydes is 1. The van der Waals surface area contributed by atoms with Crippen LogP contribution >= 0.6 is 0 Å². The zero-order valence-corrected chi connectivity index (χ0v) is 26.7. The number of hydrazine groups is 1. The summed E-state index contributed by atoms with van der Waals surface area (Å²) in [6.45, 7) is 4.23. The van der Waals surface area contributed by atoms with Crippen molar-refractivity contribution in [3.05, 3.63) is 68.3 Å². The van der Waals surface area contributed by atoms with Crippen LogP contribution in [0.3, 0.4) is 0 Å². The van der Waals surface area contributed by atoms with Crippen molar-refractivity contribution in [2.45, 2.75) is 77.9 Å². The first-order valence-corrected chi connectivity index (χ1v) is 15.4. The molecular weight excluding hydrogens is 594 g/mol. The van der Waals surface area contributed by atoms with Crippen LogP contribution in [0.5, 0.6) is 5.75 Å². The Morgan fingerprint density at radius 3 is 2.63 bits per heavy atom. The summed E-state index contributed by atoms with van der Waals surface area (Å²) >= 11 is 0. The Hall–Kier alpha value is -4.30. The van der Waals surface area contributed by atoms with Gasteiger partial charge in [-0.05, 0) is 49.1 Å². The van der Waals surface area contributed by atoms with E-state index in [0.29, 0.717) is 47.5 Å². The molecule has 1 aromatic carbocycles. The lowest BCUT2D eigenvalue weighted by Gasteiger charge is -2.30. The molecule has 0 fully saturated rings. The van der Waals surface area contributed by atoms with E-state index in [4.69, 9.17) is 35.9 Å². The number of aromatic nitrogens is 2. The number of cyclic esters (lactones) is 1. The van der Waals surface area contributed by atoms with Gasteiger partial charge in [-0.15, -0.1) is 0 Å². The third kappa shape index (κ3) is 6.49.